The van der Waals surface area contributed by atoms with Crippen LogP contribution in [0.4, 0.5) is 0 Å². The second-order valence-electron chi connectivity index (χ2n) is 7.12. The zero-order valence-electron chi connectivity index (χ0n) is 12.7. The molecule has 116 valence electrons. The molecule has 0 spiro atoms. The topological polar surface area (TPSA) is 52.6 Å². The normalized spacial score (nSPS) is 40.7. The molecule has 0 radical (unpaired) electrons. The number of esters is 2. The molecule has 2 fully saturated rings. The Kier molecular flexibility index (Phi) is 3.28. The summed E-state index contributed by atoms with van der Waals surface area (Å²) in [5.74, 6) is -0.651. The van der Waals surface area contributed by atoms with Crippen molar-refractivity contribution in [3.8, 4) is 0 Å². The quantitative estimate of drug-likeness (QED) is 0.710. The summed E-state index contributed by atoms with van der Waals surface area (Å²) in [6.07, 6.45) is 5.74. The van der Waals surface area contributed by atoms with Gasteiger partial charge in [0.1, 0.15) is 6.10 Å². The molecule has 3 aliphatic rings. The highest BCUT2D eigenvalue weighted by atomic mass is 79.9. The van der Waals surface area contributed by atoms with Crippen molar-refractivity contribution >= 4 is 27.9 Å². The van der Waals surface area contributed by atoms with E-state index in [1.807, 2.05) is 26.8 Å². The zero-order chi connectivity index (χ0) is 15.5. The first kappa shape index (κ1) is 15.1. The van der Waals surface area contributed by atoms with E-state index in [0.717, 1.165) is 23.7 Å². The molecule has 2 unspecified atom stereocenters. The van der Waals surface area contributed by atoms with E-state index in [9.17, 15) is 9.59 Å². The van der Waals surface area contributed by atoms with Crippen LogP contribution in [0.1, 0.15) is 52.9 Å². The van der Waals surface area contributed by atoms with Crippen molar-refractivity contribution in [1.82, 2.24) is 0 Å². The second kappa shape index (κ2) is 4.58. The summed E-state index contributed by atoms with van der Waals surface area (Å²) < 4.78 is 12.3. The molecule has 1 aliphatic heterocycles. The van der Waals surface area contributed by atoms with Crippen LogP contribution >= 0.6 is 15.9 Å². The van der Waals surface area contributed by atoms with Gasteiger partial charge in [-0.05, 0) is 49.6 Å². The van der Waals surface area contributed by atoms with Crippen molar-refractivity contribution in [1.29, 1.82) is 0 Å². The summed E-state index contributed by atoms with van der Waals surface area (Å²) in [5, 5.41) is 0. The summed E-state index contributed by atoms with van der Waals surface area (Å²) in [6, 6.07) is 0. The van der Waals surface area contributed by atoms with Gasteiger partial charge in [0, 0.05) is 5.41 Å². The lowest BCUT2D eigenvalue weighted by atomic mass is 9.66. The van der Waals surface area contributed by atoms with Crippen LogP contribution in [0.5, 0.6) is 0 Å². The van der Waals surface area contributed by atoms with Gasteiger partial charge in [-0.3, -0.25) is 4.79 Å². The van der Waals surface area contributed by atoms with E-state index in [1.54, 1.807) is 0 Å². The van der Waals surface area contributed by atoms with Crippen molar-refractivity contribution in [3.05, 3.63) is 10.6 Å². The van der Waals surface area contributed by atoms with Crippen LogP contribution in [0.15, 0.2) is 10.6 Å². The highest BCUT2D eigenvalue weighted by Crippen LogP contribution is 2.65. The molecule has 0 aromatic carbocycles. The number of carbonyl (C=O) groups is 2. The van der Waals surface area contributed by atoms with E-state index in [0.29, 0.717) is 12.8 Å². The smallest absolute Gasteiger partial charge is 0.351 e. The van der Waals surface area contributed by atoms with Gasteiger partial charge in [-0.1, -0.05) is 29.8 Å². The van der Waals surface area contributed by atoms with Crippen molar-refractivity contribution in [2.75, 3.05) is 0 Å². The standard InChI is InChI=1S/C16H21BrO4/c1-14(2)15(3)7-8-16(14,21-12(15)18)13(19)20-11-6-4-5-10(17)9-11/h9,11H,4-8H2,1-3H3/t11?,15?,16-/m1/s1. The largest absolute Gasteiger partial charge is 0.455 e. The fourth-order valence-corrected chi connectivity index (χ4v) is 4.44. The predicted octanol–water partition coefficient (Wildman–Crippen LogP) is 3.48. The highest BCUT2D eigenvalue weighted by Gasteiger charge is 2.76. The minimum Gasteiger partial charge on any atom is -0.455 e. The summed E-state index contributed by atoms with van der Waals surface area (Å²) in [5.41, 5.74) is -2.24. The monoisotopic (exact) mass is 356 g/mol. The fraction of sp³-hybridized carbons (Fsp3) is 0.750. The van der Waals surface area contributed by atoms with E-state index < -0.39 is 16.4 Å². The zero-order valence-corrected chi connectivity index (χ0v) is 14.3. The molecule has 21 heavy (non-hydrogen) atoms. The highest BCUT2D eigenvalue weighted by molar-refractivity contribution is 9.11. The first-order valence-electron chi connectivity index (χ1n) is 7.54. The van der Waals surface area contributed by atoms with E-state index in [2.05, 4.69) is 15.9 Å². The number of hydrogen-bond donors (Lipinski definition) is 0. The Morgan fingerprint density at radius 3 is 2.62 bits per heavy atom. The van der Waals surface area contributed by atoms with Crippen LogP contribution in [0, 0.1) is 10.8 Å². The van der Waals surface area contributed by atoms with Gasteiger partial charge in [0.2, 0.25) is 5.60 Å². The van der Waals surface area contributed by atoms with Crippen molar-refractivity contribution in [2.45, 2.75) is 64.6 Å². The maximum atomic E-state index is 12.8. The third-order valence-corrected chi connectivity index (χ3v) is 6.60. The molecule has 0 N–H and O–H groups in total. The summed E-state index contributed by atoms with van der Waals surface area (Å²) in [7, 11) is 0. The lowest BCUT2D eigenvalue weighted by Gasteiger charge is -2.35. The van der Waals surface area contributed by atoms with Crippen LogP contribution in [-0.2, 0) is 19.1 Å². The Morgan fingerprint density at radius 2 is 2.10 bits per heavy atom. The minimum absolute atomic E-state index is 0.225. The second-order valence-corrected chi connectivity index (χ2v) is 8.14. The van der Waals surface area contributed by atoms with Crippen molar-refractivity contribution in [3.63, 3.8) is 0 Å². The maximum Gasteiger partial charge on any atom is 0.351 e. The molecule has 1 saturated carbocycles. The molecule has 2 bridgehead atoms. The van der Waals surface area contributed by atoms with E-state index >= 15 is 0 Å². The molecule has 0 amide bonds. The van der Waals surface area contributed by atoms with E-state index in [4.69, 9.17) is 9.47 Å². The van der Waals surface area contributed by atoms with Gasteiger partial charge >= 0.3 is 11.9 Å². The van der Waals surface area contributed by atoms with Crippen LogP contribution in [0.2, 0.25) is 0 Å². The van der Waals surface area contributed by atoms with Gasteiger partial charge in [-0.2, -0.15) is 0 Å². The number of hydrogen-bond acceptors (Lipinski definition) is 4. The third-order valence-electron chi connectivity index (χ3n) is 5.94. The van der Waals surface area contributed by atoms with Crippen molar-refractivity contribution in [2.24, 2.45) is 10.8 Å². The summed E-state index contributed by atoms with van der Waals surface area (Å²) in [6.45, 7) is 5.78. The molecule has 2 aliphatic carbocycles. The maximum absolute atomic E-state index is 12.8. The Hall–Kier alpha value is -0.840. The first-order chi connectivity index (χ1) is 9.73. The molecule has 5 heteroatoms. The molecule has 3 rings (SSSR count). The number of allylic oxidation sites excluding steroid dienone is 1. The number of ether oxygens (including phenoxy) is 2. The van der Waals surface area contributed by atoms with Crippen LogP contribution in [0.3, 0.4) is 0 Å². The Balaban J connectivity index is 1.85. The minimum atomic E-state index is -1.11. The van der Waals surface area contributed by atoms with Gasteiger partial charge in [0.25, 0.3) is 0 Å². The molecule has 0 aromatic heterocycles. The Morgan fingerprint density at radius 1 is 1.38 bits per heavy atom. The number of fused-ring (bicyclic) bond motifs is 2. The Bertz CT molecular complexity index is 538. The average molecular weight is 357 g/mol. The van der Waals surface area contributed by atoms with Crippen molar-refractivity contribution < 1.29 is 19.1 Å². The average Bonchev–Trinajstić information content (AvgIpc) is 2.69. The summed E-state index contributed by atoms with van der Waals surface area (Å²) in [4.78, 5) is 24.9. The number of carbonyl (C=O) groups excluding carboxylic acids is 2. The third kappa shape index (κ3) is 1.85. The van der Waals surface area contributed by atoms with Gasteiger partial charge in [0.15, 0.2) is 0 Å². The van der Waals surface area contributed by atoms with Gasteiger partial charge < -0.3 is 9.47 Å². The first-order valence-corrected chi connectivity index (χ1v) is 8.33. The predicted molar refractivity (Wildman–Crippen MR) is 80.7 cm³/mol. The number of rotatable bonds is 2. The fourth-order valence-electron chi connectivity index (χ4n) is 3.87. The van der Waals surface area contributed by atoms with Crippen LogP contribution in [-0.4, -0.2) is 23.6 Å². The number of halogens is 1. The summed E-state index contributed by atoms with van der Waals surface area (Å²) >= 11 is 3.47. The van der Waals surface area contributed by atoms with Gasteiger partial charge in [-0.15, -0.1) is 0 Å². The SMILES string of the molecule is CC12CC[C@](C(=O)OC3C=C(Br)CCC3)(OC1=O)C2(C)C. The lowest BCUT2D eigenvalue weighted by molar-refractivity contribution is -0.185. The molecule has 1 saturated heterocycles. The van der Waals surface area contributed by atoms with Gasteiger partial charge in [0.05, 0.1) is 5.41 Å². The molecular formula is C16H21BrO4. The van der Waals surface area contributed by atoms with Crippen LogP contribution < -0.4 is 0 Å². The Labute approximate surface area is 133 Å². The van der Waals surface area contributed by atoms with Gasteiger partial charge in [-0.25, -0.2) is 4.79 Å². The molecule has 3 atom stereocenters. The van der Waals surface area contributed by atoms with Crippen LogP contribution in [0.25, 0.3) is 0 Å². The molecular weight excluding hydrogens is 336 g/mol. The lowest BCUT2D eigenvalue weighted by Crippen LogP contribution is -2.49. The van der Waals surface area contributed by atoms with E-state index in [1.165, 1.54) is 0 Å². The van der Waals surface area contributed by atoms with E-state index in [-0.39, 0.29) is 18.0 Å². The molecule has 1 heterocycles. The molecule has 0 aromatic rings. The molecule has 4 nitrogen and oxygen atoms in total.